The second-order valence-electron chi connectivity index (χ2n) is 5.92. The number of aliphatic hydroxyl groups is 1. The highest BCUT2D eigenvalue weighted by Crippen LogP contribution is 2.28. The van der Waals surface area contributed by atoms with E-state index in [9.17, 15) is 5.11 Å². The minimum Gasteiger partial charge on any atom is -0.491 e. The van der Waals surface area contributed by atoms with Crippen LogP contribution in [-0.2, 0) is 0 Å². The van der Waals surface area contributed by atoms with Crippen LogP contribution in [0.5, 0.6) is 5.75 Å². The molecule has 0 spiro atoms. The average Bonchev–Trinajstić information content (AvgIpc) is 2.54. The number of fused-ring (bicyclic) bond motifs is 1. The van der Waals surface area contributed by atoms with Crippen LogP contribution in [0, 0.1) is 11.8 Å². The number of para-hydroxylation sites is 1. The molecule has 0 bridgehead atoms. The van der Waals surface area contributed by atoms with E-state index in [0.29, 0.717) is 25.0 Å². The zero-order chi connectivity index (χ0) is 14.5. The fraction of sp³-hybridized carbons (Fsp3) is 0.444. The molecule has 1 saturated heterocycles. The van der Waals surface area contributed by atoms with E-state index in [1.54, 1.807) is 0 Å². The number of hydrogen-bond acceptors (Lipinski definition) is 3. The van der Waals surface area contributed by atoms with Crippen molar-refractivity contribution in [3.05, 3.63) is 54.6 Å². The highest BCUT2D eigenvalue weighted by atomic mass is 16.5. The van der Waals surface area contributed by atoms with Crippen molar-refractivity contribution in [1.82, 2.24) is 4.90 Å². The summed E-state index contributed by atoms with van der Waals surface area (Å²) in [6.07, 6.45) is 9.64. The minimum absolute atomic E-state index is 0.352. The molecular weight excluding hydrogens is 262 g/mol. The largest absolute Gasteiger partial charge is 0.491 e. The van der Waals surface area contributed by atoms with Gasteiger partial charge >= 0.3 is 0 Å². The van der Waals surface area contributed by atoms with Crippen LogP contribution in [0.3, 0.4) is 0 Å². The Bertz CT molecular complexity index is 497. The Morgan fingerprint density at radius 1 is 1.14 bits per heavy atom. The van der Waals surface area contributed by atoms with Crippen molar-refractivity contribution >= 4 is 0 Å². The van der Waals surface area contributed by atoms with Crippen LogP contribution in [0.1, 0.15) is 6.42 Å². The van der Waals surface area contributed by atoms with E-state index in [0.717, 1.165) is 18.8 Å². The molecule has 3 nitrogen and oxygen atoms in total. The summed E-state index contributed by atoms with van der Waals surface area (Å²) < 4.78 is 5.61. The van der Waals surface area contributed by atoms with Crippen LogP contribution < -0.4 is 4.74 Å². The molecule has 1 fully saturated rings. The van der Waals surface area contributed by atoms with Gasteiger partial charge in [0.1, 0.15) is 18.5 Å². The molecule has 1 heterocycles. The molecule has 3 atom stereocenters. The highest BCUT2D eigenvalue weighted by Gasteiger charge is 2.27. The van der Waals surface area contributed by atoms with Gasteiger partial charge in [-0.2, -0.15) is 0 Å². The molecule has 1 N–H and O–H groups in total. The first kappa shape index (κ1) is 14.4. The summed E-state index contributed by atoms with van der Waals surface area (Å²) in [7, 11) is 0. The molecule has 3 rings (SSSR count). The molecule has 0 radical (unpaired) electrons. The zero-order valence-corrected chi connectivity index (χ0v) is 12.3. The van der Waals surface area contributed by atoms with E-state index in [1.807, 2.05) is 30.3 Å². The van der Waals surface area contributed by atoms with E-state index in [2.05, 4.69) is 29.2 Å². The summed E-state index contributed by atoms with van der Waals surface area (Å²) in [5.41, 5.74) is 0. The van der Waals surface area contributed by atoms with Gasteiger partial charge in [0.05, 0.1) is 0 Å². The minimum atomic E-state index is -0.440. The first-order valence-electron chi connectivity index (χ1n) is 7.74. The van der Waals surface area contributed by atoms with Gasteiger partial charge in [-0.3, -0.25) is 0 Å². The highest BCUT2D eigenvalue weighted by molar-refractivity contribution is 5.21. The fourth-order valence-corrected chi connectivity index (χ4v) is 3.15. The summed E-state index contributed by atoms with van der Waals surface area (Å²) in [6.45, 7) is 3.13. The van der Waals surface area contributed by atoms with Crippen LogP contribution in [-0.4, -0.2) is 42.4 Å². The zero-order valence-electron chi connectivity index (χ0n) is 12.3. The molecule has 0 saturated carbocycles. The van der Waals surface area contributed by atoms with Gasteiger partial charge in [-0.25, -0.2) is 0 Å². The first-order valence-corrected chi connectivity index (χ1v) is 7.74. The number of nitrogens with zero attached hydrogens (tertiary/aromatic N) is 1. The standard InChI is InChI=1S/C18H23NO2/c20-17(14-21-18-8-2-1-3-9-18)13-19-11-10-15-6-4-5-7-16(15)12-19/h1-9,15-17,20H,10-14H2. The Morgan fingerprint density at radius 2 is 1.90 bits per heavy atom. The summed E-state index contributed by atoms with van der Waals surface area (Å²) in [5, 5.41) is 10.2. The van der Waals surface area contributed by atoms with Gasteiger partial charge in [0.25, 0.3) is 0 Å². The molecule has 2 aliphatic rings. The number of benzene rings is 1. The van der Waals surface area contributed by atoms with Gasteiger partial charge < -0.3 is 14.7 Å². The SMILES string of the molecule is OC(COc1ccccc1)CN1CCC2C=CC=CC2C1. The lowest BCUT2D eigenvalue weighted by Crippen LogP contribution is -2.44. The molecule has 112 valence electrons. The van der Waals surface area contributed by atoms with Gasteiger partial charge in [-0.05, 0) is 36.9 Å². The summed E-state index contributed by atoms with van der Waals surface area (Å²) in [4.78, 5) is 2.35. The third-order valence-electron chi connectivity index (χ3n) is 4.28. The molecule has 1 aromatic rings. The lowest BCUT2D eigenvalue weighted by molar-refractivity contribution is 0.0499. The normalized spacial score (nSPS) is 26.3. The van der Waals surface area contributed by atoms with Crippen molar-refractivity contribution in [3.63, 3.8) is 0 Å². The quantitative estimate of drug-likeness (QED) is 0.902. The van der Waals surface area contributed by atoms with E-state index in [4.69, 9.17) is 4.74 Å². The van der Waals surface area contributed by atoms with Crippen LogP contribution in [0.15, 0.2) is 54.6 Å². The van der Waals surface area contributed by atoms with Crippen molar-refractivity contribution in [1.29, 1.82) is 0 Å². The Morgan fingerprint density at radius 3 is 2.71 bits per heavy atom. The van der Waals surface area contributed by atoms with Gasteiger partial charge in [0.2, 0.25) is 0 Å². The molecule has 1 aliphatic carbocycles. The van der Waals surface area contributed by atoms with Crippen molar-refractivity contribution < 1.29 is 9.84 Å². The molecule has 0 amide bonds. The number of aliphatic hydroxyl groups excluding tert-OH is 1. The lowest BCUT2D eigenvalue weighted by atomic mass is 9.82. The Labute approximate surface area is 126 Å². The maximum absolute atomic E-state index is 10.2. The number of hydrogen-bond donors (Lipinski definition) is 1. The lowest BCUT2D eigenvalue weighted by Gasteiger charge is -2.37. The number of rotatable bonds is 5. The number of β-amino-alcohol motifs (C(OH)–C–C–N with tert-alkyl or cyclic N) is 1. The predicted octanol–water partition coefficient (Wildman–Crippen LogP) is 2.49. The Hall–Kier alpha value is -1.58. The van der Waals surface area contributed by atoms with E-state index in [1.165, 1.54) is 6.42 Å². The maximum atomic E-state index is 10.2. The number of piperidine rings is 1. The smallest absolute Gasteiger partial charge is 0.119 e. The third-order valence-corrected chi connectivity index (χ3v) is 4.28. The van der Waals surface area contributed by atoms with Crippen molar-refractivity contribution in [2.45, 2.75) is 12.5 Å². The molecule has 0 aromatic heterocycles. The van der Waals surface area contributed by atoms with Crippen molar-refractivity contribution in [3.8, 4) is 5.75 Å². The van der Waals surface area contributed by atoms with Crippen LogP contribution in [0.4, 0.5) is 0 Å². The first-order chi connectivity index (χ1) is 10.3. The molecule has 1 aliphatic heterocycles. The topological polar surface area (TPSA) is 32.7 Å². The molecule has 3 unspecified atom stereocenters. The van der Waals surface area contributed by atoms with Gasteiger partial charge in [-0.1, -0.05) is 42.5 Å². The number of likely N-dealkylation sites (tertiary alicyclic amines) is 1. The van der Waals surface area contributed by atoms with Crippen LogP contribution >= 0.6 is 0 Å². The summed E-state index contributed by atoms with van der Waals surface area (Å²) >= 11 is 0. The summed E-state index contributed by atoms with van der Waals surface area (Å²) in [6, 6.07) is 9.67. The van der Waals surface area contributed by atoms with Gasteiger partial charge in [0.15, 0.2) is 0 Å². The molecule has 21 heavy (non-hydrogen) atoms. The molecule has 3 heteroatoms. The van der Waals surface area contributed by atoms with Gasteiger partial charge in [0, 0.05) is 13.1 Å². The van der Waals surface area contributed by atoms with E-state index >= 15 is 0 Å². The van der Waals surface area contributed by atoms with E-state index < -0.39 is 6.10 Å². The van der Waals surface area contributed by atoms with Crippen LogP contribution in [0.2, 0.25) is 0 Å². The third kappa shape index (κ3) is 3.96. The average molecular weight is 285 g/mol. The monoisotopic (exact) mass is 285 g/mol. The van der Waals surface area contributed by atoms with Crippen molar-refractivity contribution in [2.75, 3.05) is 26.2 Å². The Kier molecular flexibility index (Phi) is 4.73. The summed E-state index contributed by atoms with van der Waals surface area (Å²) in [5.74, 6) is 2.10. The number of allylic oxidation sites excluding steroid dienone is 3. The predicted molar refractivity (Wildman–Crippen MR) is 84.3 cm³/mol. The molecule has 1 aromatic carbocycles. The number of ether oxygens (including phenoxy) is 1. The second kappa shape index (κ2) is 6.92. The van der Waals surface area contributed by atoms with Gasteiger partial charge in [-0.15, -0.1) is 0 Å². The molecular formula is C18H23NO2. The Balaban J connectivity index is 1.44. The van der Waals surface area contributed by atoms with Crippen molar-refractivity contribution in [2.24, 2.45) is 11.8 Å². The van der Waals surface area contributed by atoms with E-state index in [-0.39, 0.29) is 0 Å². The maximum Gasteiger partial charge on any atom is 0.119 e. The fourth-order valence-electron chi connectivity index (χ4n) is 3.15. The second-order valence-corrected chi connectivity index (χ2v) is 5.92. The van der Waals surface area contributed by atoms with Crippen LogP contribution in [0.25, 0.3) is 0 Å².